The maximum absolute atomic E-state index is 5.94. The maximum atomic E-state index is 5.94. The van der Waals surface area contributed by atoms with E-state index < -0.39 is 0 Å². The van der Waals surface area contributed by atoms with Crippen molar-refractivity contribution in [3.63, 3.8) is 0 Å². The van der Waals surface area contributed by atoms with E-state index >= 15 is 0 Å². The summed E-state index contributed by atoms with van der Waals surface area (Å²) in [6.45, 7) is 5.19. The molecule has 1 aromatic rings. The molecule has 2 N–H and O–H groups in total. The number of nitrogens with zero attached hydrogens (tertiary/aromatic N) is 2. The third-order valence-corrected chi connectivity index (χ3v) is 2.02. The first-order valence-corrected chi connectivity index (χ1v) is 4.56. The Labute approximate surface area is 85.8 Å². The van der Waals surface area contributed by atoms with Gasteiger partial charge >= 0.3 is 0 Å². The zero-order valence-corrected chi connectivity index (χ0v) is 9.05. The van der Waals surface area contributed by atoms with E-state index in [2.05, 4.69) is 23.4 Å². The Kier molecular flexibility index (Phi) is 5.75. The number of imidazole rings is 1. The van der Waals surface area contributed by atoms with Crippen LogP contribution in [0.4, 0.5) is 0 Å². The van der Waals surface area contributed by atoms with E-state index in [9.17, 15) is 0 Å². The van der Waals surface area contributed by atoms with Crippen LogP contribution in [0.2, 0.25) is 0 Å². The second kappa shape index (κ2) is 6.00. The molecule has 1 aromatic heterocycles. The van der Waals surface area contributed by atoms with E-state index in [1.54, 1.807) is 0 Å². The second-order valence-electron chi connectivity index (χ2n) is 2.97. The third-order valence-electron chi connectivity index (χ3n) is 2.02. The molecule has 1 heterocycles. The smallest absolute Gasteiger partial charge is 0.125 e. The lowest BCUT2D eigenvalue weighted by Crippen LogP contribution is -2.15. The van der Waals surface area contributed by atoms with E-state index in [4.69, 9.17) is 5.73 Å². The molecule has 0 bridgehead atoms. The Morgan fingerprint density at radius 2 is 2.23 bits per heavy atom. The van der Waals surface area contributed by atoms with Crippen LogP contribution in [0.5, 0.6) is 0 Å². The zero-order chi connectivity index (χ0) is 8.97. The number of halogens is 1. The molecule has 13 heavy (non-hydrogen) atoms. The van der Waals surface area contributed by atoms with Crippen molar-refractivity contribution in [2.75, 3.05) is 0 Å². The molecule has 0 aliphatic rings. The highest BCUT2D eigenvalue weighted by Gasteiger charge is 2.09. The predicted molar refractivity (Wildman–Crippen MR) is 57.0 cm³/mol. The van der Waals surface area contributed by atoms with Gasteiger partial charge in [-0.1, -0.05) is 13.3 Å². The van der Waals surface area contributed by atoms with Crippen molar-refractivity contribution in [3.05, 3.63) is 18.2 Å². The monoisotopic (exact) mass is 203 g/mol. The molecule has 0 saturated carbocycles. The summed E-state index contributed by atoms with van der Waals surface area (Å²) in [4.78, 5) is 4.24. The van der Waals surface area contributed by atoms with Gasteiger partial charge in [-0.25, -0.2) is 4.98 Å². The molecule has 0 aliphatic carbocycles. The van der Waals surface area contributed by atoms with Gasteiger partial charge < -0.3 is 10.3 Å². The Morgan fingerprint density at radius 1 is 1.54 bits per heavy atom. The molecule has 1 atom stereocenters. The summed E-state index contributed by atoms with van der Waals surface area (Å²) in [5, 5.41) is 0. The van der Waals surface area contributed by atoms with Gasteiger partial charge in [0.15, 0.2) is 0 Å². The Morgan fingerprint density at radius 3 is 2.77 bits per heavy atom. The van der Waals surface area contributed by atoms with Gasteiger partial charge in [-0.05, 0) is 13.3 Å². The van der Waals surface area contributed by atoms with E-state index in [0.717, 1.165) is 25.2 Å². The molecule has 0 amide bonds. The van der Waals surface area contributed by atoms with E-state index in [1.165, 1.54) is 0 Å². The van der Waals surface area contributed by atoms with Crippen LogP contribution in [0, 0.1) is 0 Å². The maximum Gasteiger partial charge on any atom is 0.125 e. The fraction of sp³-hybridized carbons (Fsp3) is 0.667. The molecule has 1 rings (SSSR count). The first-order valence-electron chi connectivity index (χ1n) is 4.56. The molecule has 4 heteroatoms. The van der Waals surface area contributed by atoms with E-state index in [1.807, 2.05) is 12.4 Å². The molecule has 76 valence electrons. The van der Waals surface area contributed by atoms with Crippen LogP contribution in [-0.2, 0) is 6.54 Å². The molecule has 3 nitrogen and oxygen atoms in total. The lowest BCUT2D eigenvalue weighted by molar-refractivity contribution is 0.560. The van der Waals surface area contributed by atoms with Crippen molar-refractivity contribution in [2.45, 2.75) is 39.3 Å². The highest BCUT2D eigenvalue weighted by Crippen LogP contribution is 2.13. The predicted octanol–water partition coefficient (Wildman–Crippen LogP) is 2.12. The summed E-state index contributed by atoms with van der Waals surface area (Å²) in [5.41, 5.74) is 5.94. The van der Waals surface area contributed by atoms with Gasteiger partial charge in [0.2, 0.25) is 0 Å². The van der Waals surface area contributed by atoms with Crippen LogP contribution >= 0.6 is 12.4 Å². The van der Waals surface area contributed by atoms with Crippen molar-refractivity contribution >= 4 is 12.4 Å². The number of hydrogen-bond donors (Lipinski definition) is 1. The number of hydrogen-bond acceptors (Lipinski definition) is 2. The molecule has 0 radical (unpaired) electrons. The Bertz CT molecular complexity index is 235. The first kappa shape index (κ1) is 12.5. The summed E-state index contributed by atoms with van der Waals surface area (Å²) in [5.74, 6) is 1.01. The highest BCUT2D eigenvalue weighted by atomic mass is 35.5. The normalized spacial score (nSPS) is 12.2. The average Bonchev–Trinajstić information content (AvgIpc) is 2.51. The highest BCUT2D eigenvalue weighted by molar-refractivity contribution is 5.85. The molecule has 1 unspecified atom stereocenters. The molecule has 0 spiro atoms. The molecular formula is C9H18ClN3. The van der Waals surface area contributed by atoms with Gasteiger partial charge in [-0.15, -0.1) is 12.4 Å². The fourth-order valence-electron chi connectivity index (χ4n) is 1.36. The minimum atomic E-state index is 0. The summed E-state index contributed by atoms with van der Waals surface area (Å²) >= 11 is 0. The number of nitrogens with two attached hydrogens (primary N) is 1. The first-order chi connectivity index (χ1) is 5.79. The topological polar surface area (TPSA) is 43.8 Å². The standard InChI is InChI=1S/C9H17N3.ClH/c1-3-5-8(10)9-11-6-7-12(9)4-2;/h6-8H,3-5,10H2,1-2H3;1H. The van der Waals surface area contributed by atoms with Gasteiger partial charge in [-0.3, -0.25) is 0 Å². The van der Waals surface area contributed by atoms with Crippen molar-refractivity contribution in [2.24, 2.45) is 5.73 Å². The van der Waals surface area contributed by atoms with Gasteiger partial charge in [0.1, 0.15) is 5.82 Å². The number of aromatic nitrogens is 2. The van der Waals surface area contributed by atoms with Crippen molar-refractivity contribution in [1.29, 1.82) is 0 Å². The van der Waals surface area contributed by atoms with Crippen molar-refractivity contribution in [1.82, 2.24) is 9.55 Å². The summed E-state index contributed by atoms with van der Waals surface area (Å²) in [7, 11) is 0. The van der Waals surface area contributed by atoms with Gasteiger partial charge in [0.05, 0.1) is 6.04 Å². The molecule has 0 aliphatic heterocycles. The molecule has 0 fully saturated rings. The van der Waals surface area contributed by atoms with Gasteiger partial charge in [0.25, 0.3) is 0 Å². The zero-order valence-electron chi connectivity index (χ0n) is 8.23. The second-order valence-corrected chi connectivity index (χ2v) is 2.97. The van der Waals surface area contributed by atoms with Gasteiger partial charge in [0, 0.05) is 18.9 Å². The van der Waals surface area contributed by atoms with Crippen LogP contribution in [0.3, 0.4) is 0 Å². The fourth-order valence-corrected chi connectivity index (χ4v) is 1.36. The molecule has 0 aromatic carbocycles. The van der Waals surface area contributed by atoms with Gasteiger partial charge in [-0.2, -0.15) is 0 Å². The summed E-state index contributed by atoms with van der Waals surface area (Å²) in [6.07, 6.45) is 5.91. The lowest BCUT2D eigenvalue weighted by atomic mass is 10.2. The third kappa shape index (κ3) is 3.01. The minimum Gasteiger partial charge on any atom is -0.334 e. The number of rotatable bonds is 4. The Balaban J connectivity index is 0.00000144. The van der Waals surface area contributed by atoms with E-state index in [-0.39, 0.29) is 18.4 Å². The molecule has 0 saturated heterocycles. The largest absolute Gasteiger partial charge is 0.334 e. The van der Waals surface area contributed by atoms with Crippen LogP contribution in [0.1, 0.15) is 38.6 Å². The minimum absolute atomic E-state index is 0. The Hall–Kier alpha value is -0.540. The van der Waals surface area contributed by atoms with Crippen LogP contribution in [0.15, 0.2) is 12.4 Å². The number of aryl methyl sites for hydroxylation is 1. The SMILES string of the molecule is CCCC(N)c1nccn1CC.Cl. The lowest BCUT2D eigenvalue weighted by Gasteiger charge is -2.11. The van der Waals surface area contributed by atoms with E-state index in [0.29, 0.717) is 0 Å². The molecular weight excluding hydrogens is 186 g/mol. The summed E-state index contributed by atoms with van der Waals surface area (Å²) < 4.78 is 2.10. The summed E-state index contributed by atoms with van der Waals surface area (Å²) in [6, 6.07) is 0.102. The van der Waals surface area contributed by atoms with Crippen LogP contribution < -0.4 is 5.73 Å². The van der Waals surface area contributed by atoms with Crippen molar-refractivity contribution < 1.29 is 0 Å². The average molecular weight is 204 g/mol. The quantitative estimate of drug-likeness (QED) is 0.815. The van der Waals surface area contributed by atoms with Crippen LogP contribution in [0.25, 0.3) is 0 Å². The van der Waals surface area contributed by atoms with Crippen LogP contribution in [-0.4, -0.2) is 9.55 Å². The van der Waals surface area contributed by atoms with Crippen molar-refractivity contribution in [3.8, 4) is 0 Å².